The first kappa shape index (κ1) is 11.0. The molecule has 0 aromatic heterocycles. The monoisotopic (exact) mass is 238 g/mol. The van der Waals surface area contributed by atoms with Gasteiger partial charge in [-0.3, -0.25) is 9.59 Å². The zero-order valence-electron chi connectivity index (χ0n) is 6.89. The first-order valence-corrected chi connectivity index (χ1v) is 6.68. The predicted molar refractivity (Wildman–Crippen MR) is 54.0 cm³/mol. The van der Waals surface area contributed by atoms with E-state index < -0.39 is 11.6 Å². The molecule has 2 amide bonds. The zero-order chi connectivity index (χ0) is 10.1. The minimum atomic E-state index is -1.77. The topological polar surface area (TPSA) is 69.4 Å². The van der Waals surface area contributed by atoms with Crippen LogP contribution >= 0.6 is 25.3 Å². The Kier molecular flexibility index (Phi) is 3.37. The summed E-state index contributed by atoms with van der Waals surface area (Å²) >= 11 is 0. The van der Waals surface area contributed by atoms with E-state index >= 15 is 0 Å². The lowest BCUT2D eigenvalue weighted by molar-refractivity contribution is -0.148. The summed E-state index contributed by atoms with van der Waals surface area (Å²) < 4.78 is 1.41. The van der Waals surface area contributed by atoms with Crippen molar-refractivity contribution >= 4 is 37.1 Å². The van der Waals surface area contributed by atoms with Crippen LogP contribution in [0.1, 0.15) is 6.92 Å². The third-order valence-electron chi connectivity index (χ3n) is 1.35. The molecule has 0 aromatic carbocycles. The van der Waals surface area contributed by atoms with Crippen LogP contribution in [0.15, 0.2) is 0 Å². The quantitative estimate of drug-likeness (QED) is 0.543. The Bertz CT molecular complexity index is 272. The molecule has 0 radical (unpaired) electrons. The molecule has 0 spiro atoms. The van der Waals surface area contributed by atoms with Crippen molar-refractivity contribution in [2.75, 3.05) is 6.16 Å². The summed E-state index contributed by atoms with van der Waals surface area (Å²) in [6, 6.07) is 0. The molecule has 72 valence electrons. The summed E-state index contributed by atoms with van der Waals surface area (Å²) in [5.74, 6) is -0.846. The summed E-state index contributed by atoms with van der Waals surface area (Å²) in [7, 11) is 3.91. The molecular formula is C5H9N2O3P3. The number of hydrogen-bond acceptors (Lipinski definition) is 3. The van der Waals surface area contributed by atoms with Crippen LogP contribution in [-0.4, -0.2) is 33.2 Å². The first-order valence-electron chi connectivity index (χ1n) is 3.47. The van der Waals surface area contributed by atoms with Crippen molar-refractivity contribution < 1.29 is 14.7 Å². The fourth-order valence-corrected chi connectivity index (χ4v) is 1.97. The maximum atomic E-state index is 11.3. The summed E-state index contributed by atoms with van der Waals surface area (Å²) in [6.45, 7) is 1.27. The van der Waals surface area contributed by atoms with Crippen LogP contribution in [0.5, 0.6) is 0 Å². The summed E-state index contributed by atoms with van der Waals surface area (Å²) in [5, 5.41) is 11.8. The number of nitrogens with one attached hydrogen (secondary N) is 1. The first-order chi connectivity index (χ1) is 5.97. The fraction of sp³-hybridized carbons (Fsp3) is 0.600. The number of amides is 2. The lowest BCUT2D eigenvalue weighted by atomic mass is 10.2. The highest BCUT2D eigenvalue weighted by molar-refractivity contribution is 7.97. The number of rotatable bonds is 3. The molecule has 13 heavy (non-hydrogen) atoms. The molecule has 2 unspecified atom stereocenters. The number of carbonyl (C=O) groups is 2. The molecule has 1 aliphatic rings. The van der Waals surface area contributed by atoms with E-state index in [-0.39, 0.29) is 12.1 Å². The molecule has 1 rings (SSSR count). The second kappa shape index (κ2) is 3.98. The van der Waals surface area contributed by atoms with Crippen molar-refractivity contribution in [1.82, 2.24) is 9.76 Å². The van der Waals surface area contributed by atoms with Gasteiger partial charge >= 0.3 is 0 Å². The molecule has 8 heteroatoms. The van der Waals surface area contributed by atoms with Crippen LogP contribution in [0.25, 0.3) is 0 Å². The van der Waals surface area contributed by atoms with E-state index in [1.165, 1.54) is 11.4 Å². The van der Waals surface area contributed by atoms with Gasteiger partial charge in [0.15, 0.2) is 0 Å². The van der Waals surface area contributed by atoms with Crippen molar-refractivity contribution in [3.63, 3.8) is 0 Å². The van der Waals surface area contributed by atoms with E-state index in [0.29, 0.717) is 0 Å². The molecule has 5 nitrogen and oxygen atoms in total. The third kappa shape index (κ3) is 2.96. The van der Waals surface area contributed by atoms with E-state index in [4.69, 9.17) is 0 Å². The molecule has 1 aliphatic heterocycles. The SMILES string of the molecule is CC(O)(NC(=O)CP)C(=O)N1P=P1. The lowest BCUT2D eigenvalue weighted by Crippen LogP contribution is -2.54. The molecule has 0 fully saturated rings. The number of aliphatic hydroxyl groups is 1. The van der Waals surface area contributed by atoms with Crippen molar-refractivity contribution in [1.29, 1.82) is 0 Å². The Hall–Kier alpha value is -0.0700. The Labute approximate surface area is 81.0 Å². The molecule has 2 N–H and O–H groups in total. The molecule has 0 aliphatic carbocycles. The van der Waals surface area contributed by atoms with Gasteiger partial charge in [-0.1, -0.05) is 0 Å². The van der Waals surface area contributed by atoms with E-state index in [9.17, 15) is 14.7 Å². The van der Waals surface area contributed by atoms with Gasteiger partial charge in [-0.2, -0.15) is 0 Å². The fourth-order valence-electron chi connectivity index (χ4n) is 0.672. The largest absolute Gasteiger partial charge is 0.363 e. The third-order valence-corrected chi connectivity index (χ3v) is 3.51. The van der Waals surface area contributed by atoms with Crippen molar-refractivity contribution in [2.24, 2.45) is 0 Å². The second-order valence-electron chi connectivity index (χ2n) is 2.60. The summed E-state index contributed by atoms with van der Waals surface area (Å²) in [5.41, 5.74) is -1.77. The van der Waals surface area contributed by atoms with Gasteiger partial charge in [-0.05, 0) is 6.92 Å². The smallest absolute Gasteiger partial charge is 0.291 e. The molecule has 0 aromatic rings. The second-order valence-corrected chi connectivity index (χ2v) is 5.55. The minimum absolute atomic E-state index is 0.166. The Morgan fingerprint density at radius 1 is 1.62 bits per heavy atom. The van der Waals surface area contributed by atoms with Crippen molar-refractivity contribution in [2.45, 2.75) is 12.6 Å². The highest BCUT2D eigenvalue weighted by Crippen LogP contribution is 2.46. The van der Waals surface area contributed by atoms with Gasteiger partial charge in [0, 0.05) is 6.16 Å². The van der Waals surface area contributed by atoms with Gasteiger partial charge < -0.3 is 10.4 Å². The highest BCUT2D eigenvalue weighted by atomic mass is 31.8. The molecule has 2 atom stereocenters. The Morgan fingerprint density at radius 2 is 2.15 bits per heavy atom. The molecule has 0 saturated carbocycles. The van der Waals surface area contributed by atoms with E-state index in [1.54, 1.807) is 0 Å². The standard InChI is InChI=1S/C5H9N2O3P3/c1-5(10,6-3(8)2-11)4(9)7-12-13-7/h10H,2,11H2,1H3,(H,6,8). The lowest BCUT2D eigenvalue weighted by Gasteiger charge is -2.22. The van der Waals surface area contributed by atoms with Crippen LogP contribution in [0, 0.1) is 0 Å². The average molecular weight is 238 g/mol. The van der Waals surface area contributed by atoms with Gasteiger partial charge in [0.2, 0.25) is 11.6 Å². The number of carbonyl (C=O) groups excluding carboxylic acids is 2. The highest BCUT2D eigenvalue weighted by Gasteiger charge is 2.38. The van der Waals surface area contributed by atoms with Gasteiger partial charge in [0.1, 0.15) is 0 Å². The Morgan fingerprint density at radius 3 is 2.54 bits per heavy atom. The average Bonchev–Trinajstić information content (AvgIpc) is 2.84. The summed E-state index contributed by atoms with van der Waals surface area (Å²) in [4.78, 5) is 22.2. The van der Waals surface area contributed by atoms with E-state index in [1.807, 2.05) is 0 Å². The van der Waals surface area contributed by atoms with Gasteiger partial charge in [0.25, 0.3) is 5.91 Å². The van der Waals surface area contributed by atoms with Crippen LogP contribution in [-0.2, 0) is 9.59 Å². The van der Waals surface area contributed by atoms with Crippen LogP contribution < -0.4 is 5.32 Å². The predicted octanol–water partition coefficient (Wildman–Crippen LogP) is 0.166. The molecule has 1 heterocycles. The van der Waals surface area contributed by atoms with Crippen LogP contribution in [0.4, 0.5) is 0 Å². The van der Waals surface area contributed by atoms with Crippen molar-refractivity contribution in [3.8, 4) is 0 Å². The van der Waals surface area contributed by atoms with Gasteiger partial charge in [-0.25, -0.2) is 4.44 Å². The zero-order valence-corrected chi connectivity index (χ0v) is 9.83. The van der Waals surface area contributed by atoms with Gasteiger partial charge in [-0.15, -0.1) is 9.24 Å². The van der Waals surface area contributed by atoms with Crippen LogP contribution in [0.2, 0.25) is 0 Å². The summed E-state index contributed by atoms with van der Waals surface area (Å²) in [6.07, 6.45) is 0.166. The normalized spacial score (nSPS) is 20.4. The molecule has 0 bridgehead atoms. The van der Waals surface area contributed by atoms with Crippen molar-refractivity contribution in [3.05, 3.63) is 0 Å². The Balaban J connectivity index is 2.53. The maximum Gasteiger partial charge on any atom is 0.291 e. The van der Waals surface area contributed by atoms with Gasteiger partial charge in [0.05, 0.1) is 16.0 Å². The van der Waals surface area contributed by atoms with Crippen LogP contribution in [0.3, 0.4) is 0 Å². The maximum absolute atomic E-state index is 11.3. The molecule has 0 saturated heterocycles. The van der Waals surface area contributed by atoms with E-state index in [2.05, 4.69) is 14.6 Å². The molecular weight excluding hydrogens is 229 g/mol. The minimum Gasteiger partial charge on any atom is -0.363 e. The number of nitrogens with zero attached hydrogens (tertiary/aromatic N) is 1. The number of hydrogen-bond donors (Lipinski definition) is 2. The van der Waals surface area contributed by atoms with E-state index in [0.717, 1.165) is 16.0 Å².